The number of pyridine rings is 1. The molecule has 2 N–H and O–H groups in total. The van der Waals surface area contributed by atoms with E-state index < -0.39 is 28.9 Å². The summed E-state index contributed by atoms with van der Waals surface area (Å²) < 4.78 is 36.9. The maximum Gasteiger partial charge on any atom is 0.417 e. The average Bonchev–Trinajstić information content (AvgIpc) is 2.19. The summed E-state index contributed by atoms with van der Waals surface area (Å²) in [6.07, 6.45) is -3.92. The van der Waals surface area contributed by atoms with Crippen LogP contribution in [-0.4, -0.2) is 10.9 Å². The van der Waals surface area contributed by atoms with Crippen LogP contribution in [0.3, 0.4) is 0 Å². The van der Waals surface area contributed by atoms with E-state index in [0.29, 0.717) is 12.3 Å². The quantitative estimate of drug-likeness (QED) is 0.818. The predicted molar refractivity (Wildman–Crippen MR) is 51.0 cm³/mol. The molecule has 0 radical (unpaired) electrons. The van der Waals surface area contributed by atoms with Crippen LogP contribution in [0.15, 0.2) is 17.1 Å². The van der Waals surface area contributed by atoms with E-state index in [9.17, 15) is 22.8 Å². The molecule has 7 heteroatoms. The maximum absolute atomic E-state index is 12.3. The van der Waals surface area contributed by atoms with Crippen molar-refractivity contribution in [3.05, 3.63) is 28.2 Å². The lowest BCUT2D eigenvalue weighted by atomic mass is 10.2. The lowest BCUT2D eigenvalue weighted by Gasteiger charge is -2.08. The molecule has 0 bridgehead atoms. The van der Waals surface area contributed by atoms with Crippen LogP contribution in [0, 0.1) is 0 Å². The average molecular weight is 234 g/mol. The summed E-state index contributed by atoms with van der Waals surface area (Å²) in [5, 5.41) is 2.09. The third-order valence-electron chi connectivity index (χ3n) is 1.83. The SMILES string of the molecule is CCC(=O)Nc1cc(C(F)(F)F)c[nH]c1=O. The number of rotatable bonds is 2. The van der Waals surface area contributed by atoms with E-state index in [0.717, 1.165) is 0 Å². The molecule has 0 fully saturated rings. The van der Waals surface area contributed by atoms with E-state index >= 15 is 0 Å². The first-order chi connectivity index (χ1) is 7.34. The highest BCUT2D eigenvalue weighted by Crippen LogP contribution is 2.29. The number of nitrogens with one attached hydrogen (secondary N) is 2. The Hall–Kier alpha value is -1.79. The smallest absolute Gasteiger partial charge is 0.327 e. The molecular formula is C9H9F3N2O2. The summed E-state index contributed by atoms with van der Waals surface area (Å²) in [6, 6.07) is 0.604. The lowest BCUT2D eigenvalue weighted by molar-refractivity contribution is -0.137. The Kier molecular flexibility index (Phi) is 3.36. The molecule has 0 spiro atoms. The topological polar surface area (TPSA) is 62.0 Å². The normalized spacial score (nSPS) is 11.2. The zero-order valence-corrected chi connectivity index (χ0v) is 8.31. The Balaban J connectivity index is 3.09. The first-order valence-corrected chi connectivity index (χ1v) is 4.44. The molecule has 0 atom stereocenters. The highest BCUT2D eigenvalue weighted by molar-refractivity contribution is 5.90. The van der Waals surface area contributed by atoms with Crippen LogP contribution in [0.1, 0.15) is 18.9 Å². The van der Waals surface area contributed by atoms with Crippen molar-refractivity contribution in [1.29, 1.82) is 0 Å². The number of halogens is 3. The number of hydrogen-bond donors (Lipinski definition) is 2. The van der Waals surface area contributed by atoms with Crippen molar-refractivity contribution >= 4 is 11.6 Å². The zero-order valence-electron chi connectivity index (χ0n) is 8.31. The van der Waals surface area contributed by atoms with Gasteiger partial charge in [-0.05, 0) is 6.07 Å². The fourth-order valence-electron chi connectivity index (χ4n) is 0.979. The van der Waals surface area contributed by atoms with E-state index in [1.54, 1.807) is 0 Å². The minimum absolute atomic E-state index is 0.0791. The van der Waals surface area contributed by atoms with Crippen LogP contribution in [0.4, 0.5) is 18.9 Å². The summed E-state index contributed by atoms with van der Waals surface area (Å²) >= 11 is 0. The van der Waals surface area contributed by atoms with Gasteiger partial charge in [0.05, 0.1) is 5.56 Å². The van der Waals surface area contributed by atoms with Crippen LogP contribution in [0.2, 0.25) is 0 Å². The van der Waals surface area contributed by atoms with Gasteiger partial charge >= 0.3 is 6.18 Å². The highest BCUT2D eigenvalue weighted by Gasteiger charge is 2.31. The lowest BCUT2D eigenvalue weighted by Crippen LogP contribution is -2.20. The maximum atomic E-state index is 12.3. The summed E-state index contributed by atoms with van der Waals surface area (Å²) in [4.78, 5) is 24.0. The third-order valence-corrected chi connectivity index (χ3v) is 1.83. The van der Waals surface area contributed by atoms with Crippen molar-refractivity contribution in [2.24, 2.45) is 0 Å². The van der Waals surface area contributed by atoms with E-state index in [2.05, 4.69) is 5.32 Å². The van der Waals surface area contributed by atoms with Crippen molar-refractivity contribution in [3.8, 4) is 0 Å². The number of alkyl halides is 3. The van der Waals surface area contributed by atoms with E-state index in [1.807, 2.05) is 4.98 Å². The van der Waals surface area contributed by atoms with Crippen molar-refractivity contribution < 1.29 is 18.0 Å². The number of anilines is 1. The number of aromatic amines is 1. The standard InChI is InChI=1S/C9H9F3N2O2/c1-2-7(15)14-6-3-5(9(10,11)12)4-13-8(6)16/h3-4H,2H2,1H3,(H,13,16)(H,14,15). The molecule has 0 saturated heterocycles. The summed E-state index contributed by atoms with van der Waals surface area (Å²) in [7, 11) is 0. The second-order valence-electron chi connectivity index (χ2n) is 3.03. The van der Waals surface area contributed by atoms with Crippen molar-refractivity contribution in [3.63, 3.8) is 0 Å². The largest absolute Gasteiger partial charge is 0.417 e. The van der Waals surface area contributed by atoms with Crippen molar-refractivity contribution in [2.75, 3.05) is 5.32 Å². The molecule has 16 heavy (non-hydrogen) atoms. The molecule has 0 aromatic carbocycles. The minimum Gasteiger partial charge on any atom is -0.327 e. The molecule has 1 amide bonds. The first kappa shape index (κ1) is 12.3. The second-order valence-corrected chi connectivity index (χ2v) is 3.03. The third kappa shape index (κ3) is 2.85. The monoisotopic (exact) mass is 234 g/mol. The van der Waals surface area contributed by atoms with E-state index in [4.69, 9.17) is 0 Å². The molecular weight excluding hydrogens is 225 g/mol. The Morgan fingerprint density at radius 1 is 1.50 bits per heavy atom. The Labute approximate surface area is 88.5 Å². The molecule has 88 valence electrons. The molecule has 0 aliphatic heterocycles. The van der Waals surface area contributed by atoms with Gasteiger partial charge in [-0.3, -0.25) is 9.59 Å². The number of amides is 1. The molecule has 4 nitrogen and oxygen atoms in total. The first-order valence-electron chi connectivity index (χ1n) is 4.44. The van der Waals surface area contributed by atoms with Gasteiger partial charge in [-0.2, -0.15) is 13.2 Å². The van der Waals surface area contributed by atoms with Gasteiger partial charge in [-0.15, -0.1) is 0 Å². The van der Waals surface area contributed by atoms with E-state index in [1.165, 1.54) is 6.92 Å². The Bertz CT molecular complexity index is 451. The van der Waals surface area contributed by atoms with Gasteiger partial charge in [0.2, 0.25) is 5.91 Å². The van der Waals surface area contributed by atoms with Crippen LogP contribution in [-0.2, 0) is 11.0 Å². The number of hydrogen-bond acceptors (Lipinski definition) is 2. The van der Waals surface area contributed by atoms with Gasteiger partial charge in [-0.1, -0.05) is 6.92 Å². The molecule has 0 aliphatic carbocycles. The van der Waals surface area contributed by atoms with E-state index in [-0.39, 0.29) is 6.42 Å². The molecule has 1 rings (SSSR count). The fraction of sp³-hybridized carbons (Fsp3) is 0.333. The molecule has 1 heterocycles. The minimum atomic E-state index is -4.56. The van der Waals surface area contributed by atoms with Gasteiger partial charge < -0.3 is 10.3 Å². The number of H-pyrrole nitrogens is 1. The fourth-order valence-corrected chi connectivity index (χ4v) is 0.979. The van der Waals surface area contributed by atoms with Crippen LogP contribution >= 0.6 is 0 Å². The van der Waals surface area contributed by atoms with Crippen LogP contribution in [0.25, 0.3) is 0 Å². The Morgan fingerprint density at radius 3 is 2.62 bits per heavy atom. The predicted octanol–water partition coefficient (Wildman–Crippen LogP) is 1.74. The van der Waals surface area contributed by atoms with Crippen molar-refractivity contribution in [2.45, 2.75) is 19.5 Å². The van der Waals surface area contributed by atoms with Crippen molar-refractivity contribution in [1.82, 2.24) is 4.98 Å². The van der Waals surface area contributed by atoms with Gasteiger partial charge in [-0.25, -0.2) is 0 Å². The second kappa shape index (κ2) is 4.38. The van der Waals surface area contributed by atoms with Gasteiger partial charge in [0.1, 0.15) is 5.69 Å². The highest BCUT2D eigenvalue weighted by atomic mass is 19.4. The molecule has 0 saturated carbocycles. The van der Waals surface area contributed by atoms with Gasteiger partial charge in [0, 0.05) is 12.6 Å². The number of carbonyl (C=O) groups is 1. The number of carbonyl (C=O) groups excluding carboxylic acids is 1. The molecule has 0 aliphatic rings. The molecule has 0 unspecified atom stereocenters. The molecule has 1 aromatic heterocycles. The van der Waals surface area contributed by atoms with Crippen LogP contribution in [0.5, 0.6) is 0 Å². The number of aromatic nitrogens is 1. The van der Waals surface area contributed by atoms with Gasteiger partial charge in [0.25, 0.3) is 5.56 Å². The molecule has 1 aromatic rings. The zero-order chi connectivity index (χ0) is 12.3. The Morgan fingerprint density at radius 2 is 2.12 bits per heavy atom. The summed E-state index contributed by atoms with van der Waals surface area (Å²) in [5.74, 6) is -0.523. The van der Waals surface area contributed by atoms with Gasteiger partial charge in [0.15, 0.2) is 0 Å². The summed E-state index contributed by atoms with van der Waals surface area (Å²) in [5.41, 5.74) is -2.19. The van der Waals surface area contributed by atoms with Crippen LogP contribution < -0.4 is 10.9 Å². The summed E-state index contributed by atoms with van der Waals surface area (Å²) in [6.45, 7) is 1.52.